The molecule has 4 rings (SSSR count). The van der Waals surface area contributed by atoms with Crippen molar-refractivity contribution in [3.8, 4) is 0 Å². The molecule has 0 bridgehead atoms. The summed E-state index contributed by atoms with van der Waals surface area (Å²) in [5, 5.41) is 0. The molecule has 0 aromatic carbocycles. The van der Waals surface area contributed by atoms with Crippen LogP contribution in [-0.4, -0.2) is 53.4 Å². The number of ether oxygens (including phenoxy) is 1. The molecule has 0 spiro atoms. The smallest absolute Gasteiger partial charge is 0.393 e. The molecule has 1 aromatic rings. The van der Waals surface area contributed by atoms with Crippen molar-refractivity contribution < 1.29 is 22.3 Å². The minimum absolute atomic E-state index is 0.0354. The van der Waals surface area contributed by atoms with Crippen LogP contribution in [0.5, 0.6) is 0 Å². The van der Waals surface area contributed by atoms with Gasteiger partial charge in [0.1, 0.15) is 5.56 Å². The lowest BCUT2D eigenvalue weighted by Crippen LogP contribution is -2.46. The minimum Gasteiger partial charge on any atom is -0.493 e. The Bertz CT molecular complexity index is 995. The molecular weight excluding hydrogens is 408 g/mol. The summed E-state index contributed by atoms with van der Waals surface area (Å²) in [6.07, 6.45) is -2.98. The predicted octanol–water partition coefficient (Wildman–Crippen LogP) is 1.71. The van der Waals surface area contributed by atoms with Gasteiger partial charge in [-0.05, 0) is 25.3 Å². The SMILES string of the molecule is COC1=C(F)C(N2CC(CN)C(C(F)(F)F)C2)C(C)c2c1c(=O)[nH]c(=O)n2C1CC1. The van der Waals surface area contributed by atoms with Crippen molar-refractivity contribution in [2.24, 2.45) is 17.6 Å². The third-order valence-electron chi connectivity index (χ3n) is 6.49. The number of rotatable bonds is 4. The van der Waals surface area contributed by atoms with Crippen LogP contribution in [-0.2, 0) is 4.74 Å². The second-order valence-electron chi connectivity index (χ2n) is 8.33. The molecule has 3 aliphatic rings. The van der Waals surface area contributed by atoms with Crippen molar-refractivity contribution in [1.29, 1.82) is 0 Å². The van der Waals surface area contributed by atoms with Crippen LogP contribution in [0, 0.1) is 11.8 Å². The Morgan fingerprint density at radius 1 is 1.23 bits per heavy atom. The number of hydrogen-bond donors (Lipinski definition) is 2. The van der Waals surface area contributed by atoms with Crippen molar-refractivity contribution >= 4 is 5.76 Å². The van der Waals surface area contributed by atoms with Gasteiger partial charge in [-0.25, -0.2) is 9.18 Å². The van der Waals surface area contributed by atoms with E-state index in [-0.39, 0.29) is 30.5 Å². The van der Waals surface area contributed by atoms with E-state index in [4.69, 9.17) is 10.5 Å². The van der Waals surface area contributed by atoms with Gasteiger partial charge < -0.3 is 10.5 Å². The Balaban J connectivity index is 1.84. The molecule has 166 valence electrons. The van der Waals surface area contributed by atoms with Crippen LogP contribution in [0.3, 0.4) is 0 Å². The summed E-state index contributed by atoms with van der Waals surface area (Å²) in [5.74, 6) is -4.38. The normalized spacial score (nSPS) is 30.0. The first-order valence-corrected chi connectivity index (χ1v) is 9.93. The quantitative estimate of drug-likeness (QED) is 0.707. The predicted molar refractivity (Wildman–Crippen MR) is 100 cm³/mol. The molecular formula is C19H24F4N4O3. The van der Waals surface area contributed by atoms with Crippen molar-refractivity contribution in [3.05, 3.63) is 37.9 Å². The van der Waals surface area contributed by atoms with E-state index in [1.807, 2.05) is 0 Å². The highest BCUT2D eigenvalue weighted by atomic mass is 19.4. The summed E-state index contributed by atoms with van der Waals surface area (Å²) >= 11 is 0. The number of nitrogens with two attached hydrogens (primary N) is 1. The fourth-order valence-corrected chi connectivity index (χ4v) is 4.97. The molecule has 1 saturated heterocycles. The maximum absolute atomic E-state index is 15.5. The van der Waals surface area contributed by atoms with E-state index in [1.165, 1.54) is 16.6 Å². The fraction of sp³-hybridized carbons (Fsp3) is 0.684. The number of nitrogens with one attached hydrogen (secondary N) is 1. The van der Waals surface area contributed by atoms with Crippen molar-refractivity contribution in [2.75, 3.05) is 26.7 Å². The average Bonchev–Trinajstić information content (AvgIpc) is 3.39. The van der Waals surface area contributed by atoms with Crippen molar-refractivity contribution in [3.63, 3.8) is 0 Å². The maximum Gasteiger partial charge on any atom is 0.393 e. The van der Waals surface area contributed by atoms with Gasteiger partial charge in [0.15, 0.2) is 11.6 Å². The zero-order valence-electron chi connectivity index (χ0n) is 16.6. The fourth-order valence-electron chi connectivity index (χ4n) is 4.97. The molecule has 3 N–H and O–H groups in total. The molecule has 2 heterocycles. The van der Waals surface area contributed by atoms with Crippen LogP contribution >= 0.6 is 0 Å². The molecule has 1 saturated carbocycles. The molecule has 30 heavy (non-hydrogen) atoms. The van der Waals surface area contributed by atoms with E-state index in [1.54, 1.807) is 6.92 Å². The summed E-state index contributed by atoms with van der Waals surface area (Å²) in [6.45, 7) is 1.02. The molecule has 0 amide bonds. The average molecular weight is 432 g/mol. The maximum atomic E-state index is 15.5. The highest BCUT2D eigenvalue weighted by molar-refractivity contribution is 5.67. The molecule has 2 aliphatic carbocycles. The number of aromatic amines is 1. The molecule has 2 fully saturated rings. The van der Waals surface area contributed by atoms with Crippen LogP contribution in [0.2, 0.25) is 0 Å². The first kappa shape index (κ1) is 21.1. The number of hydrogen-bond acceptors (Lipinski definition) is 5. The number of aromatic nitrogens is 2. The lowest BCUT2D eigenvalue weighted by atomic mass is 9.85. The second kappa shape index (κ2) is 7.23. The standard InChI is InChI=1S/C19H24F4N4O3/c1-8-14-12(17(28)25-18(29)27(14)10-3-4-10)16(30-2)13(20)15(8)26-6-9(5-24)11(7-26)19(21,22)23/h8-11,15H,3-7,24H2,1-2H3,(H,25,28,29). The van der Waals surface area contributed by atoms with Gasteiger partial charge in [-0.1, -0.05) is 6.92 Å². The third-order valence-corrected chi connectivity index (χ3v) is 6.49. The van der Waals surface area contributed by atoms with Crippen molar-refractivity contribution in [2.45, 2.75) is 43.9 Å². The summed E-state index contributed by atoms with van der Waals surface area (Å²) in [4.78, 5) is 28.7. The molecule has 4 atom stereocenters. The van der Waals surface area contributed by atoms with Crippen LogP contribution in [0.1, 0.15) is 43.0 Å². The lowest BCUT2D eigenvalue weighted by Gasteiger charge is -2.37. The lowest BCUT2D eigenvalue weighted by molar-refractivity contribution is -0.179. The molecule has 1 aromatic heterocycles. The molecule has 0 radical (unpaired) electrons. The first-order chi connectivity index (χ1) is 14.1. The molecule has 4 unspecified atom stereocenters. The third kappa shape index (κ3) is 3.18. The minimum atomic E-state index is -4.45. The Kier molecular flexibility index (Phi) is 5.08. The Morgan fingerprint density at radius 3 is 2.40 bits per heavy atom. The van der Waals surface area contributed by atoms with Gasteiger partial charge in [-0.2, -0.15) is 13.2 Å². The van der Waals surface area contributed by atoms with Gasteiger partial charge in [0.2, 0.25) is 0 Å². The Hall–Kier alpha value is -2.14. The summed E-state index contributed by atoms with van der Waals surface area (Å²) < 4.78 is 62.7. The van der Waals surface area contributed by atoms with Crippen molar-refractivity contribution in [1.82, 2.24) is 14.5 Å². The van der Waals surface area contributed by atoms with Gasteiger partial charge in [-0.15, -0.1) is 0 Å². The number of nitrogens with zero attached hydrogens (tertiary/aromatic N) is 2. The van der Waals surface area contributed by atoms with Gasteiger partial charge in [0, 0.05) is 30.7 Å². The van der Waals surface area contributed by atoms with Crippen LogP contribution in [0.4, 0.5) is 17.6 Å². The molecule has 7 nitrogen and oxygen atoms in total. The Morgan fingerprint density at radius 2 is 1.90 bits per heavy atom. The van der Waals surface area contributed by atoms with Gasteiger partial charge in [0.25, 0.3) is 5.56 Å². The second-order valence-corrected chi connectivity index (χ2v) is 8.33. The number of alkyl halides is 3. The summed E-state index contributed by atoms with van der Waals surface area (Å²) in [7, 11) is 1.20. The summed E-state index contributed by atoms with van der Waals surface area (Å²) in [6, 6.07) is -1.20. The number of fused-ring (bicyclic) bond motifs is 1. The zero-order chi connectivity index (χ0) is 22.0. The summed E-state index contributed by atoms with van der Waals surface area (Å²) in [5.41, 5.74) is 4.46. The van der Waals surface area contributed by atoms with E-state index in [0.29, 0.717) is 5.69 Å². The largest absolute Gasteiger partial charge is 0.493 e. The van der Waals surface area contributed by atoms with Crippen LogP contribution in [0.15, 0.2) is 15.4 Å². The molecule has 11 heteroatoms. The van der Waals surface area contributed by atoms with Crippen LogP contribution in [0.25, 0.3) is 5.76 Å². The first-order valence-electron chi connectivity index (χ1n) is 9.93. The topological polar surface area (TPSA) is 93.3 Å². The van der Waals surface area contributed by atoms with E-state index in [2.05, 4.69) is 4.98 Å². The van der Waals surface area contributed by atoms with E-state index in [9.17, 15) is 22.8 Å². The van der Waals surface area contributed by atoms with E-state index >= 15 is 4.39 Å². The van der Waals surface area contributed by atoms with Gasteiger partial charge >= 0.3 is 11.9 Å². The van der Waals surface area contributed by atoms with Crippen LogP contribution < -0.4 is 17.0 Å². The number of likely N-dealkylation sites (tertiary alicyclic amines) is 1. The monoisotopic (exact) mass is 432 g/mol. The van der Waals surface area contributed by atoms with Gasteiger partial charge in [0.05, 0.1) is 19.1 Å². The Labute approximate surface area is 169 Å². The zero-order valence-corrected chi connectivity index (χ0v) is 16.6. The van der Waals surface area contributed by atoms with E-state index in [0.717, 1.165) is 12.8 Å². The number of halogens is 4. The molecule has 1 aliphatic heterocycles. The number of H-pyrrole nitrogens is 1. The number of methoxy groups -OCH3 is 1. The highest BCUT2D eigenvalue weighted by Gasteiger charge is 2.53. The van der Waals surface area contributed by atoms with E-state index < -0.39 is 53.6 Å². The highest BCUT2D eigenvalue weighted by Crippen LogP contribution is 2.47. The van der Waals surface area contributed by atoms with Gasteiger partial charge in [-0.3, -0.25) is 19.2 Å².